The molecule has 122 valence electrons. The van der Waals surface area contributed by atoms with Crippen molar-refractivity contribution in [3.63, 3.8) is 0 Å². The topological polar surface area (TPSA) is 62.7 Å². The first-order valence-electron chi connectivity index (χ1n) is 7.41. The van der Waals surface area contributed by atoms with E-state index in [1.54, 1.807) is 12.1 Å². The predicted octanol–water partition coefficient (Wildman–Crippen LogP) is 4.17. The summed E-state index contributed by atoms with van der Waals surface area (Å²) in [5.41, 5.74) is 1.52. The molecule has 2 N–H and O–H groups in total. The second kappa shape index (κ2) is 7.83. The molecule has 0 aliphatic heterocycles. The molecule has 1 heterocycles. The second-order valence-corrected chi connectivity index (χ2v) is 5.89. The van der Waals surface area contributed by atoms with E-state index < -0.39 is 0 Å². The lowest BCUT2D eigenvalue weighted by molar-refractivity contribution is 0.610. The van der Waals surface area contributed by atoms with E-state index in [0.717, 1.165) is 10.2 Å². The number of benzene rings is 2. The van der Waals surface area contributed by atoms with Crippen LogP contribution in [0.2, 0.25) is 0 Å². The molecule has 3 aromatic rings. The fraction of sp³-hybridized carbons (Fsp3) is 0.118. The van der Waals surface area contributed by atoms with Crippen molar-refractivity contribution in [2.24, 2.45) is 0 Å². The molecular formula is C17H15BrFN5. The zero-order valence-electron chi connectivity index (χ0n) is 12.7. The Balaban J connectivity index is 1.61. The molecule has 7 heteroatoms. The van der Waals surface area contributed by atoms with Gasteiger partial charge in [-0.1, -0.05) is 30.3 Å². The van der Waals surface area contributed by atoms with E-state index in [4.69, 9.17) is 0 Å². The summed E-state index contributed by atoms with van der Waals surface area (Å²) < 4.78 is 14.5. The van der Waals surface area contributed by atoms with Gasteiger partial charge in [0.05, 0.1) is 11.9 Å². The van der Waals surface area contributed by atoms with E-state index in [1.165, 1.54) is 12.3 Å². The third-order valence-corrected chi connectivity index (χ3v) is 4.03. The summed E-state index contributed by atoms with van der Waals surface area (Å²) in [7, 11) is 0. The van der Waals surface area contributed by atoms with Gasteiger partial charge in [0.1, 0.15) is 5.82 Å². The first-order chi connectivity index (χ1) is 11.7. The molecule has 0 radical (unpaired) electrons. The van der Waals surface area contributed by atoms with Gasteiger partial charge in [-0.25, -0.2) is 4.39 Å². The van der Waals surface area contributed by atoms with Crippen molar-refractivity contribution in [3.8, 4) is 0 Å². The van der Waals surface area contributed by atoms with Crippen LogP contribution in [0.4, 0.5) is 21.8 Å². The lowest BCUT2D eigenvalue weighted by Crippen LogP contribution is -2.09. The van der Waals surface area contributed by atoms with Crippen LogP contribution in [0.25, 0.3) is 0 Å². The van der Waals surface area contributed by atoms with Gasteiger partial charge in [0.25, 0.3) is 0 Å². The number of nitrogens with zero attached hydrogens (tertiary/aromatic N) is 3. The number of para-hydroxylation sites is 1. The first-order valence-corrected chi connectivity index (χ1v) is 8.20. The van der Waals surface area contributed by atoms with Crippen molar-refractivity contribution < 1.29 is 4.39 Å². The smallest absolute Gasteiger partial charge is 0.249 e. The molecular weight excluding hydrogens is 373 g/mol. The van der Waals surface area contributed by atoms with E-state index in [2.05, 4.69) is 41.7 Å². The molecule has 0 fully saturated rings. The van der Waals surface area contributed by atoms with Crippen LogP contribution in [-0.4, -0.2) is 21.7 Å². The lowest BCUT2D eigenvalue weighted by Gasteiger charge is -2.09. The van der Waals surface area contributed by atoms with Crippen molar-refractivity contribution in [2.45, 2.75) is 6.42 Å². The molecule has 0 aliphatic rings. The molecule has 0 atom stereocenters. The van der Waals surface area contributed by atoms with Crippen molar-refractivity contribution in [1.29, 1.82) is 0 Å². The Morgan fingerprint density at radius 1 is 1.04 bits per heavy atom. The highest BCUT2D eigenvalue weighted by atomic mass is 79.9. The first kappa shape index (κ1) is 16.3. The molecule has 1 aromatic heterocycles. The van der Waals surface area contributed by atoms with Crippen molar-refractivity contribution in [3.05, 3.63) is 70.6 Å². The third kappa shape index (κ3) is 4.26. The monoisotopic (exact) mass is 387 g/mol. The Kier molecular flexibility index (Phi) is 5.32. The summed E-state index contributed by atoms with van der Waals surface area (Å²) in [4.78, 5) is 4.35. The Morgan fingerprint density at radius 3 is 2.67 bits per heavy atom. The van der Waals surface area contributed by atoms with Crippen LogP contribution in [0.5, 0.6) is 0 Å². The predicted molar refractivity (Wildman–Crippen MR) is 95.8 cm³/mol. The third-order valence-electron chi connectivity index (χ3n) is 3.34. The van der Waals surface area contributed by atoms with Crippen LogP contribution in [0.3, 0.4) is 0 Å². The number of rotatable bonds is 6. The Labute approximate surface area is 147 Å². The molecule has 0 saturated heterocycles. The lowest BCUT2D eigenvalue weighted by atomic mass is 10.1. The molecule has 0 aliphatic carbocycles. The van der Waals surface area contributed by atoms with Gasteiger partial charge in [-0.15, -0.1) is 5.10 Å². The minimum absolute atomic E-state index is 0.198. The van der Waals surface area contributed by atoms with Crippen LogP contribution in [0.1, 0.15) is 5.56 Å². The average molecular weight is 388 g/mol. The average Bonchev–Trinajstić information content (AvgIpc) is 2.59. The fourth-order valence-corrected chi connectivity index (χ4v) is 2.54. The zero-order valence-corrected chi connectivity index (χ0v) is 14.3. The van der Waals surface area contributed by atoms with Crippen LogP contribution < -0.4 is 10.6 Å². The Hall–Kier alpha value is -2.54. The molecule has 2 aromatic carbocycles. The van der Waals surface area contributed by atoms with Crippen LogP contribution >= 0.6 is 15.9 Å². The summed E-state index contributed by atoms with van der Waals surface area (Å²) in [6.45, 7) is 0.550. The number of aromatic nitrogens is 3. The van der Waals surface area contributed by atoms with Crippen LogP contribution in [0, 0.1) is 5.82 Å². The van der Waals surface area contributed by atoms with E-state index in [-0.39, 0.29) is 5.82 Å². The normalized spacial score (nSPS) is 10.4. The highest BCUT2D eigenvalue weighted by Gasteiger charge is 2.04. The van der Waals surface area contributed by atoms with Gasteiger partial charge in [-0.3, -0.25) is 0 Å². The second-order valence-electron chi connectivity index (χ2n) is 5.04. The molecule has 3 rings (SSSR count). The molecule has 0 saturated carbocycles. The summed E-state index contributed by atoms with van der Waals surface area (Å²) in [5.74, 6) is 0.769. The number of hydrogen-bond acceptors (Lipinski definition) is 5. The van der Waals surface area contributed by atoms with Crippen molar-refractivity contribution in [1.82, 2.24) is 15.2 Å². The standard InChI is InChI=1S/C17H15BrFN5/c18-13-6-2-4-8-15(13)22-17-23-16(11-21-24-17)20-10-9-12-5-1-3-7-14(12)19/h1-8,11H,9-10H2,(H2,20,22,23,24). The van der Waals surface area contributed by atoms with Crippen molar-refractivity contribution in [2.75, 3.05) is 17.2 Å². The molecule has 24 heavy (non-hydrogen) atoms. The van der Waals surface area contributed by atoms with Gasteiger partial charge in [-0.05, 0) is 46.1 Å². The Bertz CT molecular complexity index is 827. The number of halogens is 2. The van der Waals surface area contributed by atoms with E-state index in [0.29, 0.717) is 30.3 Å². The van der Waals surface area contributed by atoms with E-state index in [9.17, 15) is 4.39 Å². The van der Waals surface area contributed by atoms with Gasteiger partial charge in [0.2, 0.25) is 5.95 Å². The molecule has 0 spiro atoms. The number of hydrogen-bond donors (Lipinski definition) is 2. The maximum Gasteiger partial charge on any atom is 0.249 e. The highest BCUT2D eigenvalue weighted by Crippen LogP contribution is 2.23. The minimum atomic E-state index is -0.198. The van der Waals surface area contributed by atoms with Gasteiger partial charge in [-0.2, -0.15) is 10.1 Å². The summed E-state index contributed by atoms with van der Waals surface area (Å²) in [6, 6.07) is 14.4. The maximum atomic E-state index is 13.6. The quantitative estimate of drug-likeness (QED) is 0.664. The fourth-order valence-electron chi connectivity index (χ4n) is 2.15. The SMILES string of the molecule is Fc1ccccc1CCNc1cnnc(Nc2ccccc2Br)n1. The molecule has 5 nitrogen and oxygen atoms in total. The summed E-state index contributed by atoms with van der Waals surface area (Å²) >= 11 is 3.46. The van der Waals surface area contributed by atoms with Gasteiger partial charge in [0, 0.05) is 11.0 Å². The van der Waals surface area contributed by atoms with Gasteiger partial charge < -0.3 is 10.6 Å². The minimum Gasteiger partial charge on any atom is -0.368 e. The molecule has 0 bridgehead atoms. The van der Waals surface area contributed by atoms with E-state index in [1.807, 2.05) is 30.3 Å². The maximum absolute atomic E-state index is 13.6. The largest absolute Gasteiger partial charge is 0.368 e. The highest BCUT2D eigenvalue weighted by molar-refractivity contribution is 9.10. The van der Waals surface area contributed by atoms with Gasteiger partial charge in [0.15, 0.2) is 5.82 Å². The van der Waals surface area contributed by atoms with Crippen LogP contribution in [0.15, 0.2) is 59.2 Å². The summed E-state index contributed by atoms with van der Waals surface area (Å²) in [6.07, 6.45) is 2.09. The zero-order chi connectivity index (χ0) is 16.8. The Morgan fingerprint density at radius 2 is 1.83 bits per heavy atom. The van der Waals surface area contributed by atoms with Crippen molar-refractivity contribution >= 4 is 33.4 Å². The summed E-state index contributed by atoms with van der Waals surface area (Å²) in [5, 5.41) is 14.1. The van der Waals surface area contributed by atoms with E-state index >= 15 is 0 Å². The van der Waals surface area contributed by atoms with Crippen LogP contribution in [-0.2, 0) is 6.42 Å². The molecule has 0 amide bonds. The number of nitrogens with one attached hydrogen (secondary N) is 2. The number of anilines is 3. The molecule has 0 unspecified atom stereocenters. The van der Waals surface area contributed by atoms with Gasteiger partial charge >= 0.3 is 0 Å².